The summed E-state index contributed by atoms with van der Waals surface area (Å²) < 4.78 is 7.50. The van der Waals surface area contributed by atoms with E-state index in [1.54, 1.807) is 0 Å². The summed E-state index contributed by atoms with van der Waals surface area (Å²) in [6.07, 6.45) is 7.41. The molecule has 2 fully saturated rings. The van der Waals surface area contributed by atoms with Gasteiger partial charge in [0.25, 0.3) is 0 Å². The maximum Gasteiger partial charge on any atom is 0.246 e. The zero-order valence-corrected chi connectivity index (χ0v) is 13.7. The number of aromatic nitrogens is 2. The number of hydrogen-bond acceptors (Lipinski definition) is 3. The van der Waals surface area contributed by atoms with Gasteiger partial charge in [-0.25, -0.2) is 0 Å². The average Bonchev–Trinajstić information content (AvgIpc) is 2.94. The minimum Gasteiger partial charge on any atom is -0.381 e. The Hall–Kier alpha value is -1.62. The van der Waals surface area contributed by atoms with Gasteiger partial charge in [0, 0.05) is 36.9 Å². The highest BCUT2D eigenvalue weighted by Gasteiger charge is 2.55. The van der Waals surface area contributed by atoms with E-state index in [-0.39, 0.29) is 22.9 Å². The van der Waals surface area contributed by atoms with Crippen molar-refractivity contribution in [1.82, 2.24) is 14.7 Å². The van der Waals surface area contributed by atoms with Gasteiger partial charge >= 0.3 is 0 Å². The maximum atomic E-state index is 12.2. The average molecular weight is 303 g/mol. The molecule has 0 aromatic carbocycles. The second-order valence-corrected chi connectivity index (χ2v) is 7.44. The van der Waals surface area contributed by atoms with E-state index in [0.29, 0.717) is 0 Å². The van der Waals surface area contributed by atoms with Gasteiger partial charge in [0.15, 0.2) is 0 Å². The summed E-state index contributed by atoms with van der Waals surface area (Å²) in [5.74, 6) is 0.00521. The number of ether oxygens (including phenoxy) is 1. The number of carbonyl (C=O) groups excluding carboxylic acids is 1. The first kappa shape index (κ1) is 15.3. The summed E-state index contributed by atoms with van der Waals surface area (Å²) in [5, 5.41) is 4.51. The van der Waals surface area contributed by atoms with Gasteiger partial charge in [0.2, 0.25) is 5.91 Å². The number of amides is 1. The van der Waals surface area contributed by atoms with Crippen molar-refractivity contribution in [3.8, 4) is 0 Å². The van der Waals surface area contributed by atoms with Crippen molar-refractivity contribution in [2.45, 2.75) is 45.2 Å². The van der Waals surface area contributed by atoms with Crippen molar-refractivity contribution in [2.75, 3.05) is 19.8 Å². The Morgan fingerprint density at radius 3 is 2.68 bits per heavy atom. The van der Waals surface area contributed by atoms with Crippen LogP contribution in [0.2, 0.25) is 0 Å². The van der Waals surface area contributed by atoms with E-state index in [4.69, 9.17) is 4.74 Å². The van der Waals surface area contributed by atoms with Gasteiger partial charge in [-0.1, -0.05) is 6.58 Å². The van der Waals surface area contributed by atoms with E-state index in [1.807, 2.05) is 15.8 Å². The summed E-state index contributed by atoms with van der Waals surface area (Å²) in [6.45, 7) is 12.4. The zero-order valence-electron chi connectivity index (χ0n) is 13.7. The van der Waals surface area contributed by atoms with Crippen molar-refractivity contribution in [2.24, 2.45) is 5.41 Å². The van der Waals surface area contributed by atoms with Crippen LogP contribution < -0.4 is 0 Å². The molecular formula is C17H25N3O2. The van der Waals surface area contributed by atoms with E-state index in [9.17, 15) is 4.79 Å². The molecule has 5 nitrogen and oxygen atoms in total. The molecule has 2 aliphatic heterocycles. The van der Waals surface area contributed by atoms with Crippen molar-refractivity contribution in [3.63, 3.8) is 0 Å². The number of carbonyl (C=O) groups is 1. The minimum absolute atomic E-state index is 0.00521. The van der Waals surface area contributed by atoms with E-state index >= 15 is 0 Å². The third-order valence-electron chi connectivity index (χ3n) is 4.93. The molecule has 2 saturated heterocycles. The van der Waals surface area contributed by atoms with E-state index < -0.39 is 0 Å². The summed E-state index contributed by atoms with van der Waals surface area (Å²) >= 11 is 0. The lowest BCUT2D eigenvalue weighted by Crippen LogP contribution is -2.61. The fraction of sp³-hybridized carbons (Fsp3) is 0.647. The Kier molecular flexibility index (Phi) is 3.63. The van der Waals surface area contributed by atoms with Crippen LogP contribution in [0.15, 0.2) is 25.0 Å². The lowest BCUT2D eigenvalue weighted by Gasteiger charge is -2.58. The molecule has 3 rings (SSSR count). The largest absolute Gasteiger partial charge is 0.381 e. The van der Waals surface area contributed by atoms with Crippen LogP contribution in [0, 0.1) is 5.41 Å². The summed E-state index contributed by atoms with van der Waals surface area (Å²) in [4.78, 5) is 14.1. The highest BCUT2D eigenvalue weighted by Crippen LogP contribution is 2.54. The molecule has 2 aliphatic rings. The highest BCUT2D eigenvalue weighted by molar-refractivity contribution is 5.88. The van der Waals surface area contributed by atoms with Crippen LogP contribution in [-0.2, 0) is 15.1 Å². The molecule has 0 saturated carbocycles. The van der Waals surface area contributed by atoms with Crippen molar-refractivity contribution < 1.29 is 9.53 Å². The smallest absolute Gasteiger partial charge is 0.246 e. The van der Waals surface area contributed by atoms with Crippen LogP contribution >= 0.6 is 0 Å². The van der Waals surface area contributed by atoms with Crippen LogP contribution in [-0.4, -0.2) is 40.3 Å². The maximum absolute atomic E-state index is 12.2. The molecule has 1 atom stereocenters. The highest BCUT2D eigenvalue weighted by atomic mass is 16.5. The normalized spacial score (nSPS) is 24.1. The van der Waals surface area contributed by atoms with Crippen LogP contribution in [0.3, 0.4) is 0 Å². The lowest BCUT2D eigenvalue weighted by molar-refractivity contribution is -0.164. The number of rotatable bonds is 2. The molecule has 1 aromatic heterocycles. The van der Waals surface area contributed by atoms with Crippen LogP contribution in [0.25, 0.3) is 0 Å². The van der Waals surface area contributed by atoms with Crippen LogP contribution in [0.1, 0.15) is 45.2 Å². The van der Waals surface area contributed by atoms with Gasteiger partial charge in [-0.2, -0.15) is 5.10 Å². The second-order valence-electron chi connectivity index (χ2n) is 7.44. The Bertz CT molecular complexity index is 579. The fourth-order valence-corrected chi connectivity index (χ4v) is 3.65. The van der Waals surface area contributed by atoms with Gasteiger partial charge in [0.05, 0.1) is 17.8 Å². The molecule has 0 aliphatic carbocycles. The SMILES string of the molecule is C=CC(=O)N1CC2(CCOCC2)C1c1cnn(C(C)(C)C)c1. The van der Waals surface area contributed by atoms with Crippen LogP contribution in [0.5, 0.6) is 0 Å². The van der Waals surface area contributed by atoms with E-state index in [2.05, 4.69) is 38.6 Å². The van der Waals surface area contributed by atoms with Gasteiger partial charge < -0.3 is 9.64 Å². The van der Waals surface area contributed by atoms with E-state index in [0.717, 1.165) is 38.2 Å². The monoisotopic (exact) mass is 303 g/mol. The molecule has 120 valence electrons. The quantitative estimate of drug-likeness (QED) is 0.789. The molecule has 0 bridgehead atoms. The Morgan fingerprint density at radius 2 is 2.14 bits per heavy atom. The molecule has 1 amide bonds. The second kappa shape index (κ2) is 5.23. The lowest BCUT2D eigenvalue weighted by atomic mass is 9.64. The Labute approximate surface area is 131 Å². The predicted molar refractivity (Wildman–Crippen MR) is 84.4 cm³/mol. The predicted octanol–water partition coefficient (Wildman–Crippen LogP) is 2.50. The standard InChI is InChI=1S/C17H25N3O2/c1-5-14(21)19-12-17(6-8-22-9-7-17)15(19)13-10-18-20(11-13)16(2,3)4/h5,10-11,15H,1,6-9,12H2,2-4H3. The fourth-order valence-electron chi connectivity index (χ4n) is 3.65. The zero-order chi connectivity index (χ0) is 16.0. The van der Waals surface area contributed by atoms with E-state index in [1.165, 1.54) is 6.08 Å². The summed E-state index contributed by atoms with van der Waals surface area (Å²) in [5.41, 5.74) is 1.21. The third kappa shape index (κ3) is 2.37. The number of nitrogens with zero attached hydrogens (tertiary/aromatic N) is 3. The molecule has 1 aromatic rings. The number of hydrogen-bond donors (Lipinski definition) is 0. The van der Waals surface area contributed by atoms with Gasteiger partial charge in [-0.15, -0.1) is 0 Å². The molecule has 1 unspecified atom stereocenters. The van der Waals surface area contributed by atoms with Gasteiger partial charge in [-0.3, -0.25) is 9.48 Å². The molecule has 1 spiro atoms. The third-order valence-corrected chi connectivity index (χ3v) is 4.93. The first-order valence-electron chi connectivity index (χ1n) is 7.93. The molecule has 5 heteroatoms. The first-order chi connectivity index (χ1) is 10.4. The van der Waals surface area contributed by atoms with Crippen LogP contribution in [0.4, 0.5) is 0 Å². The minimum atomic E-state index is -0.0574. The summed E-state index contributed by atoms with van der Waals surface area (Å²) in [7, 11) is 0. The summed E-state index contributed by atoms with van der Waals surface area (Å²) in [6, 6.07) is 0.0954. The van der Waals surface area contributed by atoms with Crippen molar-refractivity contribution in [3.05, 3.63) is 30.6 Å². The molecular weight excluding hydrogens is 278 g/mol. The Morgan fingerprint density at radius 1 is 1.45 bits per heavy atom. The molecule has 0 N–H and O–H groups in total. The van der Waals surface area contributed by atoms with Crippen molar-refractivity contribution >= 4 is 5.91 Å². The van der Waals surface area contributed by atoms with Gasteiger partial charge in [-0.05, 0) is 39.7 Å². The van der Waals surface area contributed by atoms with Crippen molar-refractivity contribution in [1.29, 1.82) is 0 Å². The molecule has 0 radical (unpaired) electrons. The first-order valence-corrected chi connectivity index (χ1v) is 7.93. The number of likely N-dealkylation sites (tertiary alicyclic amines) is 1. The topological polar surface area (TPSA) is 47.4 Å². The van der Waals surface area contributed by atoms with Gasteiger partial charge in [0.1, 0.15) is 0 Å². The molecule has 22 heavy (non-hydrogen) atoms. The Balaban J connectivity index is 1.92. The molecule has 3 heterocycles.